The van der Waals surface area contributed by atoms with Crippen LogP contribution < -0.4 is 0 Å². The minimum Gasteiger partial charge on any atom is -0.0651 e. The third-order valence-electron chi connectivity index (χ3n) is 7.79. The fraction of sp³-hybridized carbons (Fsp3) is 0.750. The van der Waals surface area contributed by atoms with E-state index in [2.05, 4.69) is 37.3 Å². The van der Waals surface area contributed by atoms with Gasteiger partial charge in [-0.3, -0.25) is 0 Å². The molecule has 0 heterocycles. The van der Waals surface area contributed by atoms with Gasteiger partial charge in [0, 0.05) is 0 Å². The van der Waals surface area contributed by atoms with E-state index >= 15 is 0 Å². The summed E-state index contributed by atoms with van der Waals surface area (Å²) in [6, 6.07) is 11.3. The molecule has 24 heavy (non-hydrogen) atoms. The molecule has 0 amide bonds. The molecule has 4 saturated carbocycles. The highest BCUT2D eigenvalue weighted by atomic mass is 14.4. The maximum atomic E-state index is 2.40. The summed E-state index contributed by atoms with van der Waals surface area (Å²) >= 11 is 0. The van der Waals surface area contributed by atoms with Gasteiger partial charge in [-0.1, -0.05) is 62.9 Å². The van der Waals surface area contributed by atoms with Crippen LogP contribution in [0.1, 0.15) is 76.7 Å². The van der Waals surface area contributed by atoms with Gasteiger partial charge in [-0.25, -0.2) is 0 Å². The van der Waals surface area contributed by atoms with E-state index < -0.39 is 0 Å². The van der Waals surface area contributed by atoms with Crippen LogP contribution in [0.4, 0.5) is 0 Å². The molecule has 0 spiro atoms. The van der Waals surface area contributed by atoms with Crippen molar-refractivity contribution in [2.75, 3.05) is 0 Å². The number of fused-ring (bicyclic) bond motifs is 4. The molecule has 1 aromatic carbocycles. The van der Waals surface area contributed by atoms with E-state index in [0.717, 1.165) is 35.5 Å². The van der Waals surface area contributed by atoms with Crippen LogP contribution in [-0.4, -0.2) is 0 Å². The van der Waals surface area contributed by atoms with E-state index in [1.54, 1.807) is 31.2 Å². The number of rotatable bonds is 5. The van der Waals surface area contributed by atoms with Crippen molar-refractivity contribution >= 4 is 0 Å². The van der Waals surface area contributed by atoms with E-state index in [-0.39, 0.29) is 0 Å². The van der Waals surface area contributed by atoms with Crippen LogP contribution in [0.5, 0.6) is 0 Å². The molecule has 4 aliphatic rings. The van der Waals surface area contributed by atoms with Crippen LogP contribution in [0.25, 0.3) is 0 Å². The quantitative estimate of drug-likeness (QED) is 0.553. The third kappa shape index (κ3) is 3.89. The first-order valence-electron chi connectivity index (χ1n) is 10.8. The van der Waals surface area contributed by atoms with Gasteiger partial charge in [-0.2, -0.15) is 0 Å². The Kier molecular flexibility index (Phi) is 5.30. The van der Waals surface area contributed by atoms with Crippen LogP contribution in [0.2, 0.25) is 0 Å². The Labute approximate surface area is 149 Å². The zero-order valence-corrected chi connectivity index (χ0v) is 15.6. The molecule has 6 unspecified atom stereocenters. The topological polar surface area (TPSA) is 0 Å². The second-order valence-corrected chi connectivity index (χ2v) is 9.42. The molecule has 6 atom stereocenters. The largest absolute Gasteiger partial charge is 0.0651 e. The standard InChI is InChI=1S/C24H36/c1-2-18-8-9-20(12-18)13-22-14-21-10-11-23(17-22)24(16-21)15-19-6-4-3-5-7-19/h3-7,18,20-24H,2,8-17H2,1H3. The molecule has 1 aromatic rings. The Balaban J connectivity index is 1.36. The number of benzene rings is 1. The highest BCUT2D eigenvalue weighted by molar-refractivity contribution is 5.15. The second-order valence-electron chi connectivity index (χ2n) is 9.42. The molecule has 4 fully saturated rings. The van der Waals surface area contributed by atoms with Crippen molar-refractivity contribution in [2.45, 2.75) is 77.6 Å². The number of hydrogen-bond acceptors (Lipinski definition) is 0. The van der Waals surface area contributed by atoms with Crippen LogP contribution in [0, 0.1) is 35.5 Å². The van der Waals surface area contributed by atoms with Crippen molar-refractivity contribution in [3.63, 3.8) is 0 Å². The van der Waals surface area contributed by atoms with Crippen LogP contribution in [0.15, 0.2) is 30.3 Å². The Morgan fingerprint density at radius 1 is 0.792 bits per heavy atom. The molecular formula is C24H36. The minimum absolute atomic E-state index is 0.975. The van der Waals surface area contributed by atoms with Gasteiger partial charge in [0.05, 0.1) is 0 Å². The molecule has 132 valence electrons. The molecule has 0 radical (unpaired) electrons. The van der Waals surface area contributed by atoms with Gasteiger partial charge in [0.15, 0.2) is 0 Å². The summed E-state index contributed by atoms with van der Waals surface area (Å²) < 4.78 is 0. The lowest BCUT2D eigenvalue weighted by Gasteiger charge is -2.32. The predicted molar refractivity (Wildman–Crippen MR) is 103 cm³/mol. The summed E-state index contributed by atoms with van der Waals surface area (Å²) in [5, 5.41) is 0. The Bertz CT molecular complexity index is 504. The van der Waals surface area contributed by atoms with Crippen molar-refractivity contribution in [3.05, 3.63) is 35.9 Å². The van der Waals surface area contributed by atoms with E-state index in [1.807, 2.05) is 0 Å². The molecule has 2 bridgehead atoms. The average molecular weight is 325 g/mol. The zero-order chi connectivity index (χ0) is 16.4. The third-order valence-corrected chi connectivity index (χ3v) is 7.79. The fourth-order valence-electron chi connectivity index (χ4n) is 6.54. The zero-order valence-electron chi connectivity index (χ0n) is 15.6. The summed E-state index contributed by atoms with van der Waals surface area (Å²) in [6.45, 7) is 2.40. The lowest BCUT2D eigenvalue weighted by Crippen LogP contribution is -2.23. The average Bonchev–Trinajstić information content (AvgIpc) is 2.88. The maximum absolute atomic E-state index is 2.40. The summed E-state index contributed by atoms with van der Waals surface area (Å²) in [6.07, 6.45) is 16.7. The van der Waals surface area contributed by atoms with Crippen molar-refractivity contribution in [1.82, 2.24) is 0 Å². The van der Waals surface area contributed by atoms with Gasteiger partial charge in [-0.05, 0) is 86.0 Å². The molecule has 4 aliphatic carbocycles. The normalized spacial score (nSPS) is 39.0. The minimum atomic E-state index is 0.975. The van der Waals surface area contributed by atoms with Gasteiger partial charge in [-0.15, -0.1) is 0 Å². The second kappa shape index (κ2) is 7.63. The first kappa shape index (κ1) is 16.7. The van der Waals surface area contributed by atoms with Crippen molar-refractivity contribution < 1.29 is 0 Å². The van der Waals surface area contributed by atoms with Crippen molar-refractivity contribution in [3.8, 4) is 0 Å². The first-order chi connectivity index (χ1) is 11.8. The van der Waals surface area contributed by atoms with E-state index in [4.69, 9.17) is 0 Å². The molecular weight excluding hydrogens is 288 g/mol. The van der Waals surface area contributed by atoms with Crippen LogP contribution in [-0.2, 0) is 6.42 Å². The highest BCUT2D eigenvalue weighted by Crippen LogP contribution is 2.49. The van der Waals surface area contributed by atoms with Gasteiger partial charge >= 0.3 is 0 Å². The molecule has 0 heteroatoms. The van der Waals surface area contributed by atoms with Crippen LogP contribution in [0.3, 0.4) is 0 Å². The summed E-state index contributed by atoms with van der Waals surface area (Å²) in [5.74, 6) is 6.24. The smallest absolute Gasteiger partial charge is 0.0248 e. The van der Waals surface area contributed by atoms with E-state index in [1.165, 1.54) is 44.9 Å². The molecule has 0 saturated heterocycles. The molecule has 0 nitrogen and oxygen atoms in total. The van der Waals surface area contributed by atoms with Gasteiger partial charge in [0.25, 0.3) is 0 Å². The Hall–Kier alpha value is -0.780. The van der Waals surface area contributed by atoms with E-state index in [9.17, 15) is 0 Å². The fourth-order valence-corrected chi connectivity index (χ4v) is 6.54. The summed E-state index contributed by atoms with van der Waals surface area (Å²) in [7, 11) is 0. The summed E-state index contributed by atoms with van der Waals surface area (Å²) in [4.78, 5) is 0. The Morgan fingerprint density at radius 3 is 2.42 bits per heavy atom. The molecule has 0 aromatic heterocycles. The van der Waals surface area contributed by atoms with Gasteiger partial charge < -0.3 is 0 Å². The van der Waals surface area contributed by atoms with Crippen LogP contribution >= 0.6 is 0 Å². The van der Waals surface area contributed by atoms with Gasteiger partial charge in [0.2, 0.25) is 0 Å². The predicted octanol–water partition coefficient (Wildman–Crippen LogP) is 6.89. The van der Waals surface area contributed by atoms with Crippen molar-refractivity contribution in [1.29, 1.82) is 0 Å². The van der Waals surface area contributed by atoms with Gasteiger partial charge in [0.1, 0.15) is 0 Å². The monoisotopic (exact) mass is 324 g/mol. The first-order valence-corrected chi connectivity index (χ1v) is 10.8. The highest BCUT2D eigenvalue weighted by Gasteiger charge is 2.38. The number of hydrogen-bond donors (Lipinski definition) is 0. The van der Waals surface area contributed by atoms with Crippen molar-refractivity contribution in [2.24, 2.45) is 35.5 Å². The Morgan fingerprint density at radius 2 is 1.62 bits per heavy atom. The SMILES string of the molecule is CCC1CCC(CC2CC3CCC(C2)C(Cc2ccccc2)C3)C1. The molecule has 0 aliphatic heterocycles. The maximum Gasteiger partial charge on any atom is -0.0248 e. The molecule has 5 rings (SSSR count). The lowest BCUT2D eigenvalue weighted by atomic mass is 9.73. The molecule has 0 N–H and O–H groups in total. The van der Waals surface area contributed by atoms with E-state index in [0.29, 0.717) is 0 Å². The summed E-state index contributed by atoms with van der Waals surface area (Å²) in [5.41, 5.74) is 1.58. The lowest BCUT2D eigenvalue weighted by molar-refractivity contribution is 0.200.